The first-order valence-corrected chi connectivity index (χ1v) is 12.3. The largest absolute Gasteiger partial charge is 0.493 e. The minimum absolute atomic E-state index is 0.00811. The van der Waals surface area contributed by atoms with E-state index in [0.29, 0.717) is 23.0 Å². The van der Waals surface area contributed by atoms with Crippen molar-refractivity contribution in [3.05, 3.63) is 83.4 Å². The van der Waals surface area contributed by atoms with Gasteiger partial charge in [0.2, 0.25) is 0 Å². The highest BCUT2D eigenvalue weighted by atomic mass is 16.5. The minimum Gasteiger partial charge on any atom is -0.493 e. The predicted octanol–water partition coefficient (Wildman–Crippen LogP) is 5.28. The molecule has 0 aliphatic carbocycles. The molecule has 3 aromatic carbocycles. The number of nitrogens with zero attached hydrogens (tertiary/aromatic N) is 3. The van der Waals surface area contributed by atoms with E-state index in [2.05, 4.69) is 59.4 Å². The first kappa shape index (κ1) is 24.7. The molecule has 0 N–H and O–H groups in total. The van der Waals surface area contributed by atoms with Crippen LogP contribution in [0, 0.1) is 5.92 Å². The Bertz CT molecular complexity index is 1320. The average molecular weight is 500 g/mol. The molecule has 0 aromatic heterocycles. The van der Waals surface area contributed by atoms with Crippen molar-refractivity contribution >= 4 is 17.5 Å². The van der Waals surface area contributed by atoms with E-state index in [1.165, 1.54) is 5.57 Å². The molecule has 5 rings (SSSR count). The van der Waals surface area contributed by atoms with E-state index in [4.69, 9.17) is 24.0 Å². The highest BCUT2D eigenvalue weighted by Crippen LogP contribution is 2.45. The summed E-state index contributed by atoms with van der Waals surface area (Å²) < 4.78 is 22.1. The normalized spacial score (nSPS) is 20.4. The summed E-state index contributed by atoms with van der Waals surface area (Å²) in [7, 11) is 8.80. The number of likely N-dealkylation sites (tertiary alicyclic amines) is 1. The van der Waals surface area contributed by atoms with Gasteiger partial charge in [-0.2, -0.15) is 5.10 Å². The number of hydrogen-bond donors (Lipinski definition) is 0. The standard InChI is InChI=1S/C30H33N3O4/c1-32-18-22(15-20-11-13-25(34-2)27(16-20)36-4)29-24(19-32)30(33(31-29)23-9-7-6-8-10-23)21-12-14-26(35-3)28(17-21)37-5/h6-17,24,30H,18-19H2,1-5H3/b22-15+/t24-,30+/m0/s1. The van der Waals surface area contributed by atoms with E-state index in [-0.39, 0.29) is 12.0 Å². The number of benzene rings is 3. The number of methoxy groups -OCH3 is 4. The molecule has 2 aliphatic rings. The van der Waals surface area contributed by atoms with Crippen LogP contribution in [0.15, 0.2) is 77.4 Å². The lowest BCUT2D eigenvalue weighted by Gasteiger charge is -2.35. The van der Waals surface area contributed by atoms with Crippen LogP contribution < -0.4 is 24.0 Å². The van der Waals surface area contributed by atoms with Crippen LogP contribution in [0.2, 0.25) is 0 Å². The number of para-hydroxylation sites is 1. The molecule has 0 spiro atoms. The summed E-state index contributed by atoms with van der Waals surface area (Å²) in [6.07, 6.45) is 2.21. The number of rotatable bonds is 7. The van der Waals surface area contributed by atoms with E-state index in [0.717, 1.165) is 35.6 Å². The van der Waals surface area contributed by atoms with Gasteiger partial charge < -0.3 is 23.8 Å². The van der Waals surface area contributed by atoms with Crippen LogP contribution in [0.4, 0.5) is 5.69 Å². The molecule has 0 bridgehead atoms. The van der Waals surface area contributed by atoms with Crippen molar-refractivity contribution in [2.45, 2.75) is 6.04 Å². The van der Waals surface area contributed by atoms with Crippen molar-refractivity contribution in [3.8, 4) is 23.0 Å². The quantitative estimate of drug-likeness (QED) is 0.441. The Morgan fingerprint density at radius 2 is 1.43 bits per heavy atom. The lowest BCUT2D eigenvalue weighted by atomic mass is 9.83. The second-order valence-electron chi connectivity index (χ2n) is 9.31. The fourth-order valence-corrected chi connectivity index (χ4v) is 5.31. The number of fused-ring (bicyclic) bond motifs is 1. The van der Waals surface area contributed by atoms with Crippen LogP contribution in [0.25, 0.3) is 6.08 Å². The third kappa shape index (κ3) is 4.74. The van der Waals surface area contributed by atoms with Crippen LogP contribution in [0.1, 0.15) is 17.2 Å². The maximum absolute atomic E-state index is 5.65. The summed E-state index contributed by atoms with van der Waals surface area (Å²) in [6.45, 7) is 1.70. The molecule has 0 unspecified atom stereocenters. The van der Waals surface area contributed by atoms with Gasteiger partial charge in [-0.15, -0.1) is 0 Å². The molecular formula is C30H33N3O4. The van der Waals surface area contributed by atoms with E-state index < -0.39 is 0 Å². The summed E-state index contributed by atoms with van der Waals surface area (Å²) in [5.74, 6) is 3.02. The predicted molar refractivity (Wildman–Crippen MR) is 147 cm³/mol. The second kappa shape index (κ2) is 10.6. The highest BCUT2D eigenvalue weighted by Gasteiger charge is 2.43. The molecule has 37 heavy (non-hydrogen) atoms. The lowest BCUT2D eigenvalue weighted by Crippen LogP contribution is -2.41. The summed E-state index contributed by atoms with van der Waals surface area (Å²) in [4.78, 5) is 2.36. The van der Waals surface area contributed by atoms with Gasteiger partial charge in [-0.1, -0.05) is 30.3 Å². The first-order chi connectivity index (χ1) is 18.1. The minimum atomic E-state index is 0.00811. The third-order valence-corrected chi connectivity index (χ3v) is 7.01. The van der Waals surface area contributed by atoms with Gasteiger partial charge in [0.05, 0.1) is 45.9 Å². The molecule has 1 fully saturated rings. The van der Waals surface area contributed by atoms with Gasteiger partial charge in [0.1, 0.15) is 0 Å². The number of piperidine rings is 1. The Labute approximate surface area is 218 Å². The van der Waals surface area contributed by atoms with Gasteiger partial charge in [-0.3, -0.25) is 5.01 Å². The van der Waals surface area contributed by atoms with Gasteiger partial charge in [0.15, 0.2) is 23.0 Å². The van der Waals surface area contributed by atoms with Crippen LogP contribution >= 0.6 is 0 Å². The molecule has 7 heteroatoms. The molecule has 1 saturated heterocycles. The van der Waals surface area contributed by atoms with Crippen LogP contribution in [-0.4, -0.2) is 59.2 Å². The molecule has 0 saturated carbocycles. The molecule has 0 amide bonds. The van der Waals surface area contributed by atoms with Gasteiger partial charge in [0.25, 0.3) is 0 Å². The number of hydrogen-bond acceptors (Lipinski definition) is 7. The summed E-state index contributed by atoms with van der Waals surface area (Å²) >= 11 is 0. The summed E-state index contributed by atoms with van der Waals surface area (Å²) in [6, 6.07) is 22.5. The van der Waals surface area contributed by atoms with Crippen molar-refractivity contribution in [1.82, 2.24) is 4.90 Å². The Hall–Kier alpha value is -3.97. The molecule has 3 aromatic rings. The van der Waals surface area contributed by atoms with E-state index >= 15 is 0 Å². The summed E-state index contributed by atoms with van der Waals surface area (Å²) in [5, 5.41) is 7.41. The van der Waals surface area contributed by atoms with Gasteiger partial charge in [-0.25, -0.2) is 0 Å². The first-order valence-electron chi connectivity index (χ1n) is 12.3. The van der Waals surface area contributed by atoms with Crippen molar-refractivity contribution in [2.75, 3.05) is 53.6 Å². The maximum Gasteiger partial charge on any atom is 0.161 e. The Morgan fingerprint density at radius 3 is 2.11 bits per heavy atom. The van der Waals surface area contributed by atoms with Crippen molar-refractivity contribution in [2.24, 2.45) is 11.0 Å². The second-order valence-corrected chi connectivity index (χ2v) is 9.31. The van der Waals surface area contributed by atoms with E-state index in [1.807, 2.05) is 30.3 Å². The van der Waals surface area contributed by atoms with Crippen molar-refractivity contribution < 1.29 is 18.9 Å². The van der Waals surface area contributed by atoms with Gasteiger partial charge in [0, 0.05) is 19.0 Å². The molecule has 2 atom stereocenters. The third-order valence-electron chi connectivity index (χ3n) is 7.01. The molecular weight excluding hydrogens is 466 g/mol. The number of ether oxygens (including phenoxy) is 4. The average Bonchev–Trinajstić information content (AvgIpc) is 3.32. The highest BCUT2D eigenvalue weighted by molar-refractivity contribution is 6.09. The molecule has 192 valence electrons. The fraction of sp³-hybridized carbons (Fsp3) is 0.300. The molecule has 0 radical (unpaired) electrons. The van der Waals surface area contributed by atoms with Crippen molar-refractivity contribution in [1.29, 1.82) is 0 Å². The van der Waals surface area contributed by atoms with E-state index in [9.17, 15) is 0 Å². The zero-order valence-electron chi connectivity index (χ0n) is 22.0. The van der Waals surface area contributed by atoms with E-state index in [1.54, 1.807) is 28.4 Å². The molecule has 2 heterocycles. The Morgan fingerprint density at radius 1 is 0.784 bits per heavy atom. The smallest absolute Gasteiger partial charge is 0.161 e. The Kier molecular flexibility index (Phi) is 7.06. The number of likely N-dealkylation sites (N-methyl/N-ethyl adjacent to an activating group) is 1. The van der Waals surface area contributed by atoms with Crippen LogP contribution in [-0.2, 0) is 0 Å². The van der Waals surface area contributed by atoms with Crippen molar-refractivity contribution in [3.63, 3.8) is 0 Å². The topological polar surface area (TPSA) is 55.8 Å². The van der Waals surface area contributed by atoms with Gasteiger partial charge >= 0.3 is 0 Å². The maximum atomic E-state index is 5.65. The molecule has 7 nitrogen and oxygen atoms in total. The Balaban J connectivity index is 1.60. The number of anilines is 1. The zero-order chi connectivity index (χ0) is 25.9. The zero-order valence-corrected chi connectivity index (χ0v) is 22.0. The fourth-order valence-electron chi connectivity index (χ4n) is 5.31. The monoisotopic (exact) mass is 499 g/mol. The molecule has 2 aliphatic heterocycles. The van der Waals surface area contributed by atoms with Gasteiger partial charge in [-0.05, 0) is 66.2 Å². The summed E-state index contributed by atoms with van der Waals surface area (Å²) in [5.41, 5.74) is 5.53. The SMILES string of the molecule is COc1ccc(/C=C2\CN(C)C[C@H]3C2=NN(c2ccccc2)[C@@H]3c2ccc(OC)c(OC)c2)cc1OC. The lowest BCUT2D eigenvalue weighted by molar-refractivity contribution is 0.302. The van der Waals surface area contributed by atoms with Crippen LogP contribution in [0.5, 0.6) is 23.0 Å². The number of hydrazone groups is 1. The van der Waals surface area contributed by atoms with Crippen LogP contribution in [0.3, 0.4) is 0 Å².